The molecule has 1 aromatic rings. The number of rotatable bonds is 11. The zero-order chi connectivity index (χ0) is 30.6. The molecule has 0 spiro atoms. The van der Waals surface area contributed by atoms with Crippen LogP contribution in [0.2, 0.25) is 0 Å². The summed E-state index contributed by atoms with van der Waals surface area (Å²) in [6, 6.07) is 9.55. The third kappa shape index (κ3) is 9.83. The highest BCUT2D eigenvalue weighted by molar-refractivity contribution is 5.84. The quantitative estimate of drug-likeness (QED) is 0.261. The van der Waals surface area contributed by atoms with Crippen LogP contribution in [0.25, 0.3) is 0 Å². The van der Waals surface area contributed by atoms with Gasteiger partial charge in [-0.3, -0.25) is 9.79 Å². The molecule has 8 heteroatoms. The maximum atomic E-state index is 13.0. The normalized spacial score (nSPS) is 24.8. The number of hydrogen-bond acceptors (Lipinski definition) is 6. The van der Waals surface area contributed by atoms with Crippen molar-refractivity contribution in [2.24, 2.45) is 16.6 Å². The lowest BCUT2D eigenvalue weighted by molar-refractivity contribution is -0.138. The molecule has 0 unspecified atom stereocenters. The summed E-state index contributed by atoms with van der Waals surface area (Å²) in [6.45, 7) is 9.23. The molecule has 0 radical (unpaired) electrons. The van der Waals surface area contributed by atoms with Crippen LogP contribution in [0.5, 0.6) is 0 Å². The summed E-state index contributed by atoms with van der Waals surface area (Å²) in [4.78, 5) is 22.4. The van der Waals surface area contributed by atoms with Crippen molar-refractivity contribution in [3.8, 4) is 0 Å². The average molecular weight is 604 g/mol. The maximum Gasteiger partial charge on any atom is 0.225 e. The Morgan fingerprint density at radius 1 is 0.909 bits per heavy atom. The van der Waals surface area contributed by atoms with E-state index >= 15 is 0 Å². The van der Waals surface area contributed by atoms with Crippen LogP contribution in [0, 0.1) is 5.92 Å². The van der Waals surface area contributed by atoms with Crippen LogP contribution in [0.1, 0.15) is 102 Å². The molecule has 2 aliphatic heterocycles. The van der Waals surface area contributed by atoms with E-state index in [0.29, 0.717) is 18.3 Å². The van der Waals surface area contributed by atoms with Crippen molar-refractivity contribution in [2.75, 3.05) is 39.3 Å². The van der Waals surface area contributed by atoms with Crippen molar-refractivity contribution in [2.45, 2.75) is 110 Å². The SMILES string of the molecule is C/C1=C(N2CCN(C(=O)C3CCCCC3)CC2)/C=C(/N)NC(=NCc2ccc(CNCCCNC3CCCCC3)cc2)CC1. The maximum absolute atomic E-state index is 13.0. The van der Waals surface area contributed by atoms with Gasteiger partial charge in [0.25, 0.3) is 0 Å². The van der Waals surface area contributed by atoms with Gasteiger partial charge in [0.05, 0.1) is 6.54 Å². The molecule has 1 saturated heterocycles. The Morgan fingerprint density at radius 3 is 2.32 bits per heavy atom. The molecule has 44 heavy (non-hydrogen) atoms. The van der Waals surface area contributed by atoms with E-state index in [9.17, 15) is 4.79 Å². The molecule has 0 bridgehead atoms. The van der Waals surface area contributed by atoms with Crippen LogP contribution in [0.4, 0.5) is 0 Å². The number of benzene rings is 1. The lowest BCUT2D eigenvalue weighted by atomic mass is 9.88. The van der Waals surface area contributed by atoms with E-state index in [1.54, 1.807) is 0 Å². The first-order valence-electron chi connectivity index (χ1n) is 17.6. The van der Waals surface area contributed by atoms with Crippen molar-refractivity contribution in [1.29, 1.82) is 0 Å². The third-order valence-electron chi connectivity index (χ3n) is 10.0. The van der Waals surface area contributed by atoms with Crippen LogP contribution in [0.15, 0.2) is 52.4 Å². The van der Waals surface area contributed by atoms with Crippen LogP contribution in [-0.2, 0) is 17.9 Å². The van der Waals surface area contributed by atoms with Gasteiger partial charge in [-0.05, 0) is 75.2 Å². The first kappa shape index (κ1) is 32.6. The molecule has 3 fully saturated rings. The number of aliphatic imine (C=N–C) groups is 1. The lowest BCUT2D eigenvalue weighted by Crippen LogP contribution is -2.50. The van der Waals surface area contributed by atoms with Gasteiger partial charge < -0.3 is 31.5 Å². The molecule has 242 valence electrons. The number of piperazine rings is 1. The zero-order valence-corrected chi connectivity index (χ0v) is 27.2. The Hall–Kier alpha value is -2.84. The highest BCUT2D eigenvalue weighted by Crippen LogP contribution is 2.27. The van der Waals surface area contributed by atoms with Gasteiger partial charge >= 0.3 is 0 Å². The third-order valence-corrected chi connectivity index (χ3v) is 10.0. The van der Waals surface area contributed by atoms with Gasteiger partial charge in [-0.1, -0.05) is 62.8 Å². The Bertz CT molecular complexity index is 1140. The minimum atomic E-state index is 0.248. The van der Waals surface area contributed by atoms with Crippen molar-refractivity contribution in [1.82, 2.24) is 25.8 Å². The molecule has 1 aromatic carbocycles. The predicted molar refractivity (Wildman–Crippen MR) is 181 cm³/mol. The largest absolute Gasteiger partial charge is 0.385 e. The standard InChI is InChI=1S/C36H57N7O/c1-28-13-18-35(40-27-30-16-14-29(15-17-30)26-38-19-8-20-39-32-11-6-3-7-12-32)41-34(37)25-33(28)42-21-23-43(24-22-42)36(44)31-9-4-2-5-10-31/h14-17,25,31-32,38-39H,2-13,18-24,26-27,37H2,1H3,(H,40,41)/b33-28+,34-25-. The van der Waals surface area contributed by atoms with Crippen molar-refractivity contribution >= 4 is 11.7 Å². The topological polar surface area (TPSA) is 98.0 Å². The monoisotopic (exact) mass is 603 g/mol. The highest BCUT2D eigenvalue weighted by Gasteiger charge is 2.29. The molecule has 5 N–H and O–H groups in total. The summed E-state index contributed by atoms with van der Waals surface area (Å²) in [5.41, 5.74) is 11.5. The fraction of sp³-hybridized carbons (Fsp3) is 0.667. The van der Waals surface area contributed by atoms with Crippen molar-refractivity contribution in [3.63, 3.8) is 0 Å². The Labute approximate surface area is 266 Å². The Kier molecular flexibility index (Phi) is 12.6. The zero-order valence-electron chi connectivity index (χ0n) is 27.2. The first-order chi connectivity index (χ1) is 21.5. The average Bonchev–Trinajstić information content (AvgIpc) is 3.07. The molecule has 2 aliphatic carbocycles. The van der Waals surface area contributed by atoms with Crippen LogP contribution < -0.4 is 21.7 Å². The summed E-state index contributed by atoms with van der Waals surface area (Å²) >= 11 is 0. The van der Waals surface area contributed by atoms with Crippen LogP contribution in [0.3, 0.4) is 0 Å². The van der Waals surface area contributed by atoms with Crippen molar-refractivity contribution in [3.05, 3.63) is 58.6 Å². The summed E-state index contributed by atoms with van der Waals surface area (Å²) in [7, 11) is 0. The van der Waals surface area contributed by atoms with Gasteiger partial charge in [-0.15, -0.1) is 0 Å². The van der Waals surface area contributed by atoms with E-state index in [1.165, 1.54) is 80.2 Å². The smallest absolute Gasteiger partial charge is 0.225 e. The fourth-order valence-corrected chi connectivity index (χ4v) is 7.23. The Morgan fingerprint density at radius 2 is 1.59 bits per heavy atom. The Balaban J connectivity index is 1.03. The number of nitrogens with two attached hydrogens (primary N) is 1. The van der Waals surface area contributed by atoms with Gasteiger partial charge in [0.15, 0.2) is 0 Å². The molecule has 2 saturated carbocycles. The molecule has 0 atom stereocenters. The van der Waals surface area contributed by atoms with Crippen LogP contribution >= 0.6 is 0 Å². The number of hydrogen-bond donors (Lipinski definition) is 4. The van der Waals surface area contributed by atoms with Gasteiger partial charge in [-0.2, -0.15) is 0 Å². The minimum Gasteiger partial charge on any atom is -0.385 e. The fourth-order valence-electron chi connectivity index (χ4n) is 7.23. The second kappa shape index (κ2) is 17.0. The molecule has 2 heterocycles. The van der Waals surface area contributed by atoms with Crippen LogP contribution in [-0.4, -0.2) is 66.9 Å². The molecule has 8 nitrogen and oxygen atoms in total. The van der Waals surface area contributed by atoms with E-state index in [2.05, 4.69) is 63.0 Å². The van der Waals surface area contributed by atoms with E-state index in [4.69, 9.17) is 10.7 Å². The molecule has 5 rings (SSSR count). The number of amidine groups is 1. The number of allylic oxidation sites excluding steroid dienone is 2. The van der Waals surface area contributed by atoms with Gasteiger partial charge in [0, 0.05) is 62.9 Å². The van der Waals surface area contributed by atoms with Gasteiger partial charge in [0.2, 0.25) is 5.91 Å². The molecular formula is C36H57N7O. The number of nitrogens with zero attached hydrogens (tertiary/aromatic N) is 3. The second-order valence-electron chi connectivity index (χ2n) is 13.4. The van der Waals surface area contributed by atoms with Gasteiger partial charge in [0.1, 0.15) is 11.7 Å². The van der Waals surface area contributed by atoms with E-state index in [0.717, 1.165) is 83.4 Å². The van der Waals surface area contributed by atoms with Gasteiger partial charge in [-0.25, -0.2) is 0 Å². The number of amides is 1. The number of carbonyl (C=O) groups is 1. The molecular weight excluding hydrogens is 546 g/mol. The highest BCUT2D eigenvalue weighted by atomic mass is 16.2. The number of nitrogens with one attached hydrogen (secondary N) is 3. The summed E-state index contributed by atoms with van der Waals surface area (Å²) in [5, 5.41) is 10.7. The molecule has 0 aromatic heterocycles. The lowest BCUT2D eigenvalue weighted by Gasteiger charge is -2.39. The van der Waals surface area contributed by atoms with E-state index in [-0.39, 0.29) is 5.92 Å². The summed E-state index contributed by atoms with van der Waals surface area (Å²) in [5.74, 6) is 2.20. The second-order valence-corrected chi connectivity index (χ2v) is 13.4. The first-order valence-corrected chi connectivity index (χ1v) is 17.6. The molecule has 4 aliphatic rings. The predicted octanol–water partition coefficient (Wildman–Crippen LogP) is 5.17. The number of carbonyl (C=O) groups excluding carboxylic acids is 1. The van der Waals surface area contributed by atoms with E-state index in [1.807, 2.05) is 0 Å². The summed E-state index contributed by atoms with van der Waals surface area (Å²) in [6.07, 6.45) is 17.7. The summed E-state index contributed by atoms with van der Waals surface area (Å²) < 4.78 is 0. The minimum absolute atomic E-state index is 0.248. The van der Waals surface area contributed by atoms with E-state index < -0.39 is 0 Å². The molecule has 1 amide bonds. The van der Waals surface area contributed by atoms with Crippen molar-refractivity contribution < 1.29 is 4.79 Å².